The van der Waals surface area contributed by atoms with E-state index < -0.39 is 0 Å². The van der Waals surface area contributed by atoms with Gasteiger partial charge in [-0.15, -0.1) is 0 Å². The third-order valence-electron chi connectivity index (χ3n) is 4.69. The van der Waals surface area contributed by atoms with Crippen LogP contribution in [0.3, 0.4) is 0 Å². The molecule has 0 atom stereocenters. The van der Waals surface area contributed by atoms with Gasteiger partial charge >= 0.3 is 0 Å². The standard InChI is InChI=1S/C17H33NO2/c1-2-3-4-5-6-7-8-9-10-16(19)17(15-18)11-13-20-14-12-17/h2-15,18H2,1H3. The van der Waals surface area contributed by atoms with Gasteiger partial charge in [0.15, 0.2) is 0 Å². The Morgan fingerprint density at radius 1 is 1.00 bits per heavy atom. The summed E-state index contributed by atoms with van der Waals surface area (Å²) in [6.45, 7) is 4.13. The van der Waals surface area contributed by atoms with Crippen molar-refractivity contribution < 1.29 is 9.53 Å². The molecule has 3 heteroatoms. The average Bonchev–Trinajstić information content (AvgIpc) is 2.50. The topological polar surface area (TPSA) is 52.3 Å². The summed E-state index contributed by atoms with van der Waals surface area (Å²) in [5.74, 6) is 0.384. The van der Waals surface area contributed by atoms with Gasteiger partial charge in [0, 0.05) is 31.6 Å². The third kappa shape index (κ3) is 5.92. The summed E-state index contributed by atoms with van der Waals surface area (Å²) in [6, 6.07) is 0. The number of carbonyl (C=O) groups is 1. The summed E-state index contributed by atoms with van der Waals surface area (Å²) >= 11 is 0. The van der Waals surface area contributed by atoms with Crippen LogP contribution in [0, 0.1) is 5.41 Å². The van der Waals surface area contributed by atoms with Crippen molar-refractivity contribution in [3.05, 3.63) is 0 Å². The second-order valence-electron chi connectivity index (χ2n) is 6.24. The predicted octanol–water partition coefficient (Wildman–Crippen LogP) is 3.84. The van der Waals surface area contributed by atoms with Crippen LogP contribution in [0.25, 0.3) is 0 Å². The van der Waals surface area contributed by atoms with E-state index in [1.54, 1.807) is 0 Å². The van der Waals surface area contributed by atoms with Gasteiger partial charge in [0.25, 0.3) is 0 Å². The van der Waals surface area contributed by atoms with Crippen LogP contribution in [0.15, 0.2) is 0 Å². The summed E-state index contributed by atoms with van der Waals surface area (Å²) < 4.78 is 5.36. The molecule has 1 fully saturated rings. The highest BCUT2D eigenvalue weighted by molar-refractivity contribution is 5.85. The van der Waals surface area contributed by atoms with E-state index in [0.29, 0.717) is 32.0 Å². The predicted molar refractivity (Wildman–Crippen MR) is 83.8 cm³/mol. The molecule has 0 bridgehead atoms. The molecule has 0 aromatic heterocycles. The Morgan fingerprint density at radius 3 is 2.10 bits per heavy atom. The van der Waals surface area contributed by atoms with Crippen molar-refractivity contribution in [3.63, 3.8) is 0 Å². The van der Waals surface area contributed by atoms with E-state index in [9.17, 15) is 4.79 Å². The summed E-state index contributed by atoms with van der Waals surface area (Å²) in [5.41, 5.74) is 5.60. The molecule has 0 amide bonds. The van der Waals surface area contributed by atoms with Crippen LogP contribution in [0.2, 0.25) is 0 Å². The zero-order valence-electron chi connectivity index (χ0n) is 13.3. The van der Waals surface area contributed by atoms with Gasteiger partial charge in [-0.25, -0.2) is 0 Å². The van der Waals surface area contributed by atoms with E-state index in [1.807, 2.05) is 0 Å². The molecule has 1 saturated heterocycles. The monoisotopic (exact) mass is 283 g/mol. The lowest BCUT2D eigenvalue weighted by molar-refractivity contribution is -0.133. The van der Waals surface area contributed by atoms with Crippen molar-refractivity contribution in [2.24, 2.45) is 11.1 Å². The molecular weight excluding hydrogens is 250 g/mol. The van der Waals surface area contributed by atoms with Gasteiger partial charge in [-0.2, -0.15) is 0 Å². The van der Waals surface area contributed by atoms with Crippen LogP contribution in [-0.4, -0.2) is 25.5 Å². The van der Waals surface area contributed by atoms with Crippen molar-refractivity contribution in [1.29, 1.82) is 0 Å². The number of ether oxygens (including phenoxy) is 1. The van der Waals surface area contributed by atoms with Crippen molar-refractivity contribution in [2.45, 2.75) is 77.6 Å². The summed E-state index contributed by atoms with van der Waals surface area (Å²) in [7, 11) is 0. The normalized spacial score (nSPS) is 18.1. The number of ketones is 1. The number of hydrogen-bond donors (Lipinski definition) is 1. The number of carbonyl (C=O) groups excluding carboxylic acids is 1. The fourth-order valence-corrected chi connectivity index (χ4v) is 3.04. The van der Waals surface area contributed by atoms with Crippen LogP contribution >= 0.6 is 0 Å². The van der Waals surface area contributed by atoms with E-state index in [4.69, 9.17) is 10.5 Å². The Labute approximate surface area is 124 Å². The van der Waals surface area contributed by atoms with E-state index in [-0.39, 0.29) is 5.41 Å². The number of hydrogen-bond acceptors (Lipinski definition) is 3. The third-order valence-corrected chi connectivity index (χ3v) is 4.69. The zero-order chi connectivity index (χ0) is 14.7. The largest absolute Gasteiger partial charge is 0.381 e. The van der Waals surface area contributed by atoms with Crippen molar-refractivity contribution >= 4 is 5.78 Å². The van der Waals surface area contributed by atoms with Crippen molar-refractivity contribution in [1.82, 2.24) is 0 Å². The van der Waals surface area contributed by atoms with E-state index in [2.05, 4.69) is 6.92 Å². The first-order valence-corrected chi connectivity index (χ1v) is 8.56. The Balaban J connectivity index is 2.09. The van der Waals surface area contributed by atoms with Gasteiger partial charge in [0.05, 0.1) is 0 Å². The number of nitrogens with two attached hydrogens (primary N) is 1. The van der Waals surface area contributed by atoms with E-state index in [1.165, 1.54) is 44.9 Å². The molecule has 3 nitrogen and oxygen atoms in total. The minimum absolute atomic E-state index is 0.265. The van der Waals surface area contributed by atoms with Gasteiger partial charge < -0.3 is 10.5 Å². The fourth-order valence-electron chi connectivity index (χ4n) is 3.04. The lowest BCUT2D eigenvalue weighted by atomic mass is 9.75. The maximum atomic E-state index is 12.4. The molecule has 0 radical (unpaired) electrons. The van der Waals surface area contributed by atoms with Crippen LogP contribution in [0.1, 0.15) is 77.6 Å². The molecule has 0 aromatic carbocycles. The second-order valence-corrected chi connectivity index (χ2v) is 6.24. The highest BCUT2D eigenvalue weighted by Crippen LogP contribution is 2.32. The second kappa shape index (κ2) is 10.3. The molecule has 0 aromatic rings. The lowest BCUT2D eigenvalue weighted by Crippen LogP contribution is -2.43. The first kappa shape index (κ1) is 17.6. The SMILES string of the molecule is CCCCCCCCCCC(=O)C1(CN)CCOCC1. The van der Waals surface area contributed by atoms with Crippen molar-refractivity contribution in [3.8, 4) is 0 Å². The molecule has 1 aliphatic heterocycles. The molecule has 118 valence electrons. The molecule has 0 aliphatic carbocycles. The van der Waals surface area contributed by atoms with Crippen LogP contribution in [-0.2, 0) is 9.53 Å². The molecule has 0 saturated carbocycles. The van der Waals surface area contributed by atoms with Gasteiger partial charge in [-0.1, -0.05) is 51.9 Å². The molecule has 2 N–H and O–H groups in total. The molecule has 1 rings (SSSR count). The minimum Gasteiger partial charge on any atom is -0.381 e. The van der Waals surface area contributed by atoms with Crippen LogP contribution in [0.4, 0.5) is 0 Å². The molecule has 0 unspecified atom stereocenters. The molecule has 1 heterocycles. The van der Waals surface area contributed by atoms with Gasteiger partial charge in [0.1, 0.15) is 5.78 Å². The van der Waals surface area contributed by atoms with Crippen LogP contribution in [0.5, 0.6) is 0 Å². The summed E-state index contributed by atoms with van der Waals surface area (Å²) in [6.07, 6.45) is 12.6. The Bertz CT molecular complexity index is 260. The highest BCUT2D eigenvalue weighted by atomic mass is 16.5. The molecule has 20 heavy (non-hydrogen) atoms. The quantitative estimate of drug-likeness (QED) is 0.586. The minimum atomic E-state index is -0.265. The Kier molecular flexibility index (Phi) is 9.12. The van der Waals surface area contributed by atoms with Crippen LogP contribution < -0.4 is 5.73 Å². The van der Waals surface area contributed by atoms with Gasteiger partial charge in [0.2, 0.25) is 0 Å². The summed E-state index contributed by atoms with van der Waals surface area (Å²) in [5, 5.41) is 0. The number of rotatable bonds is 11. The smallest absolute Gasteiger partial charge is 0.140 e. The van der Waals surface area contributed by atoms with Gasteiger partial charge in [-0.3, -0.25) is 4.79 Å². The van der Waals surface area contributed by atoms with Crippen molar-refractivity contribution in [2.75, 3.05) is 19.8 Å². The Hall–Kier alpha value is -0.410. The number of Topliss-reactive ketones (excluding diaryl/α,β-unsaturated/α-hetero) is 1. The molecular formula is C17H33NO2. The lowest BCUT2D eigenvalue weighted by Gasteiger charge is -2.34. The van der Waals surface area contributed by atoms with E-state index >= 15 is 0 Å². The molecule has 0 spiro atoms. The Morgan fingerprint density at radius 2 is 1.55 bits per heavy atom. The number of unbranched alkanes of at least 4 members (excludes halogenated alkanes) is 7. The van der Waals surface area contributed by atoms with E-state index in [0.717, 1.165) is 19.3 Å². The fraction of sp³-hybridized carbons (Fsp3) is 0.941. The molecule has 1 aliphatic rings. The maximum Gasteiger partial charge on any atom is 0.140 e. The first-order chi connectivity index (χ1) is 9.75. The average molecular weight is 283 g/mol. The van der Waals surface area contributed by atoms with Gasteiger partial charge in [-0.05, 0) is 19.3 Å². The zero-order valence-corrected chi connectivity index (χ0v) is 13.3. The maximum absolute atomic E-state index is 12.4. The highest BCUT2D eigenvalue weighted by Gasteiger charge is 2.37. The summed E-state index contributed by atoms with van der Waals surface area (Å²) in [4.78, 5) is 12.4. The first-order valence-electron chi connectivity index (χ1n) is 8.56.